The van der Waals surface area contributed by atoms with Gasteiger partial charge in [0.05, 0.1) is 11.0 Å². The standard InChI is InChI=1S/C13H21N3O2S/c17-19(18)9-3-6-12(19)10-16-8-7-14-13(16)15-11-4-1-2-5-11/h7-8,11-12H,1-6,9-10H2,(H,14,15). The third-order valence-corrected chi connectivity index (χ3v) is 6.53. The van der Waals surface area contributed by atoms with Gasteiger partial charge in [0.15, 0.2) is 9.84 Å². The first-order chi connectivity index (χ1) is 9.15. The summed E-state index contributed by atoms with van der Waals surface area (Å²) in [5, 5.41) is 3.22. The molecular formula is C13H21N3O2S. The molecule has 2 heterocycles. The van der Waals surface area contributed by atoms with E-state index >= 15 is 0 Å². The van der Waals surface area contributed by atoms with Gasteiger partial charge in [-0.15, -0.1) is 0 Å². The average molecular weight is 283 g/mol. The molecule has 2 aliphatic rings. The number of aromatic nitrogens is 2. The van der Waals surface area contributed by atoms with E-state index in [1.54, 1.807) is 6.20 Å². The van der Waals surface area contributed by atoms with Gasteiger partial charge in [-0.05, 0) is 25.7 Å². The molecule has 0 amide bonds. The lowest BCUT2D eigenvalue weighted by Crippen LogP contribution is -2.24. The van der Waals surface area contributed by atoms with Crippen molar-refractivity contribution in [1.82, 2.24) is 9.55 Å². The van der Waals surface area contributed by atoms with Crippen LogP contribution in [0.3, 0.4) is 0 Å². The molecule has 0 bridgehead atoms. The Kier molecular flexibility index (Phi) is 3.52. The highest BCUT2D eigenvalue weighted by Crippen LogP contribution is 2.25. The first kappa shape index (κ1) is 13.0. The fraction of sp³-hybridized carbons (Fsp3) is 0.769. The number of hydrogen-bond acceptors (Lipinski definition) is 4. The summed E-state index contributed by atoms with van der Waals surface area (Å²) < 4.78 is 25.7. The highest BCUT2D eigenvalue weighted by Gasteiger charge is 2.32. The third-order valence-electron chi connectivity index (χ3n) is 4.27. The maximum Gasteiger partial charge on any atom is 0.203 e. The molecule has 6 heteroatoms. The van der Waals surface area contributed by atoms with Crippen LogP contribution in [0.5, 0.6) is 0 Å². The van der Waals surface area contributed by atoms with Crippen LogP contribution in [0.25, 0.3) is 0 Å². The minimum atomic E-state index is -2.88. The fourth-order valence-corrected chi connectivity index (χ4v) is 4.95. The largest absolute Gasteiger partial charge is 0.353 e. The van der Waals surface area contributed by atoms with E-state index < -0.39 is 9.84 Å². The molecule has 3 rings (SSSR count). The molecular weight excluding hydrogens is 262 g/mol. The molecule has 1 saturated carbocycles. The molecule has 0 aromatic carbocycles. The summed E-state index contributed by atoms with van der Waals surface area (Å²) in [5.41, 5.74) is 0. The second-order valence-electron chi connectivity index (χ2n) is 5.66. The zero-order valence-corrected chi connectivity index (χ0v) is 11.9. The highest BCUT2D eigenvalue weighted by atomic mass is 32.2. The Morgan fingerprint density at radius 2 is 2.05 bits per heavy atom. The zero-order chi connectivity index (χ0) is 13.3. The summed E-state index contributed by atoms with van der Waals surface area (Å²) in [5.74, 6) is 1.17. The van der Waals surface area contributed by atoms with Crippen molar-refractivity contribution in [3.8, 4) is 0 Å². The Hall–Kier alpha value is -1.04. The summed E-state index contributed by atoms with van der Waals surface area (Å²) in [4.78, 5) is 4.33. The van der Waals surface area contributed by atoms with Gasteiger partial charge in [-0.3, -0.25) is 0 Å². The van der Waals surface area contributed by atoms with Crippen molar-refractivity contribution in [3.05, 3.63) is 12.4 Å². The van der Waals surface area contributed by atoms with Crippen molar-refractivity contribution in [2.24, 2.45) is 0 Å². The molecule has 1 unspecified atom stereocenters. The monoisotopic (exact) mass is 283 g/mol. The van der Waals surface area contributed by atoms with Crippen molar-refractivity contribution < 1.29 is 8.42 Å². The molecule has 1 atom stereocenters. The number of imidazole rings is 1. The van der Waals surface area contributed by atoms with Crippen LogP contribution < -0.4 is 5.32 Å². The highest BCUT2D eigenvalue weighted by molar-refractivity contribution is 7.92. The smallest absolute Gasteiger partial charge is 0.203 e. The Bertz CT molecular complexity index is 532. The zero-order valence-electron chi connectivity index (χ0n) is 11.1. The Morgan fingerprint density at radius 3 is 2.74 bits per heavy atom. The summed E-state index contributed by atoms with van der Waals surface area (Å²) in [6.45, 7) is 0.539. The van der Waals surface area contributed by atoms with Gasteiger partial charge in [0.25, 0.3) is 0 Å². The van der Waals surface area contributed by atoms with Gasteiger partial charge in [0.1, 0.15) is 0 Å². The molecule has 1 saturated heterocycles. The molecule has 5 nitrogen and oxygen atoms in total. The van der Waals surface area contributed by atoms with E-state index in [1.165, 1.54) is 25.7 Å². The molecule has 0 spiro atoms. The average Bonchev–Trinajstić information content (AvgIpc) is 3.05. The molecule has 1 aromatic rings. The van der Waals surface area contributed by atoms with E-state index in [-0.39, 0.29) is 5.25 Å². The van der Waals surface area contributed by atoms with Crippen LogP contribution in [-0.2, 0) is 16.4 Å². The number of anilines is 1. The number of sulfone groups is 1. The van der Waals surface area contributed by atoms with Crippen molar-refractivity contribution in [3.63, 3.8) is 0 Å². The maximum atomic E-state index is 11.9. The lowest BCUT2D eigenvalue weighted by atomic mass is 10.2. The van der Waals surface area contributed by atoms with Gasteiger partial charge < -0.3 is 9.88 Å². The summed E-state index contributed by atoms with van der Waals surface area (Å²) in [6.07, 6.45) is 10.1. The van der Waals surface area contributed by atoms with Crippen LogP contribution in [0.2, 0.25) is 0 Å². The quantitative estimate of drug-likeness (QED) is 0.915. The van der Waals surface area contributed by atoms with Crippen molar-refractivity contribution in [1.29, 1.82) is 0 Å². The second-order valence-corrected chi connectivity index (χ2v) is 8.06. The first-order valence-electron chi connectivity index (χ1n) is 7.14. The summed E-state index contributed by atoms with van der Waals surface area (Å²) in [7, 11) is -2.88. The Morgan fingerprint density at radius 1 is 1.26 bits per heavy atom. The van der Waals surface area contributed by atoms with Gasteiger partial charge in [-0.25, -0.2) is 13.4 Å². The number of rotatable bonds is 4. The van der Waals surface area contributed by atoms with Crippen molar-refractivity contribution in [2.45, 2.75) is 56.4 Å². The van der Waals surface area contributed by atoms with Gasteiger partial charge in [-0.2, -0.15) is 0 Å². The predicted molar refractivity (Wildman–Crippen MR) is 74.9 cm³/mol. The van der Waals surface area contributed by atoms with Crippen LogP contribution in [0.1, 0.15) is 38.5 Å². The van der Waals surface area contributed by atoms with Gasteiger partial charge in [-0.1, -0.05) is 12.8 Å². The van der Waals surface area contributed by atoms with E-state index in [1.807, 2.05) is 10.8 Å². The van der Waals surface area contributed by atoms with E-state index in [0.29, 0.717) is 18.3 Å². The van der Waals surface area contributed by atoms with Crippen molar-refractivity contribution >= 4 is 15.8 Å². The minimum Gasteiger partial charge on any atom is -0.353 e. The second kappa shape index (κ2) is 5.15. The van der Waals surface area contributed by atoms with Gasteiger partial charge in [0, 0.05) is 25.0 Å². The lowest BCUT2D eigenvalue weighted by molar-refractivity contribution is 0.566. The van der Waals surface area contributed by atoms with Crippen LogP contribution in [0.15, 0.2) is 12.4 Å². The molecule has 1 N–H and O–H groups in total. The lowest BCUT2D eigenvalue weighted by Gasteiger charge is -2.16. The number of hydrogen-bond donors (Lipinski definition) is 1. The van der Waals surface area contributed by atoms with E-state index in [0.717, 1.165) is 18.8 Å². The minimum absolute atomic E-state index is 0.231. The van der Waals surface area contributed by atoms with Crippen LogP contribution in [0, 0.1) is 0 Å². The molecule has 0 radical (unpaired) electrons. The van der Waals surface area contributed by atoms with Crippen LogP contribution in [0.4, 0.5) is 5.95 Å². The first-order valence-corrected chi connectivity index (χ1v) is 8.86. The molecule has 2 fully saturated rings. The van der Waals surface area contributed by atoms with Crippen molar-refractivity contribution in [2.75, 3.05) is 11.1 Å². The number of nitrogens with zero attached hydrogens (tertiary/aromatic N) is 2. The number of nitrogens with one attached hydrogen (secondary N) is 1. The van der Waals surface area contributed by atoms with Crippen LogP contribution >= 0.6 is 0 Å². The van der Waals surface area contributed by atoms with Gasteiger partial charge >= 0.3 is 0 Å². The van der Waals surface area contributed by atoms with E-state index in [9.17, 15) is 8.42 Å². The molecule has 106 valence electrons. The normalized spacial score (nSPS) is 26.8. The Labute approximate surface area is 114 Å². The van der Waals surface area contributed by atoms with Gasteiger partial charge in [0.2, 0.25) is 5.95 Å². The molecule has 1 aliphatic carbocycles. The Balaban J connectivity index is 1.69. The summed E-state index contributed by atoms with van der Waals surface area (Å²) in [6, 6.07) is 0.501. The van der Waals surface area contributed by atoms with E-state index in [2.05, 4.69) is 10.3 Å². The van der Waals surface area contributed by atoms with E-state index in [4.69, 9.17) is 0 Å². The molecule has 1 aliphatic heterocycles. The third kappa shape index (κ3) is 2.78. The van der Waals surface area contributed by atoms with Crippen LogP contribution in [-0.4, -0.2) is 35.0 Å². The fourth-order valence-electron chi connectivity index (χ4n) is 3.13. The summed E-state index contributed by atoms with van der Waals surface area (Å²) >= 11 is 0. The maximum absolute atomic E-state index is 11.9. The molecule has 1 aromatic heterocycles. The molecule has 19 heavy (non-hydrogen) atoms. The predicted octanol–water partition coefficient (Wildman–Crippen LogP) is 1.81. The SMILES string of the molecule is O=S1(=O)CCCC1Cn1ccnc1NC1CCCC1. The topological polar surface area (TPSA) is 64.0 Å².